The summed E-state index contributed by atoms with van der Waals surface area (Å²) in [5.41, 5.74) is 0. The van der Waals surface area contributed by atoms with Gasteiger partial charge in [0.25, 0.3) is 0 Å². The van der Waals surface area contributed by atoms with Crippen LogP contribution in [0.25, 0.3) is 0 Å². The van der Waals surface area contributed by atoms with E-state index in [9.17, 15) is 0 Å². The third-order valence-corrected chi connectivity index (χ3v) is 5.37. The molecule has 1 atom stereocenters. The van der Waals surface area contributed by atoms with Crippen molar-refractivity contribution in [1.82, 2.24) is 14.9 Å². The molecule has 6 heteroatoms. The van der Waals surface area contributed by atoms with Crippen LogP contribution >= 0.6 is 11.8 Å². The lowest BCUT2D eigenvalue weighted by molar-refractivity contribution is 0.00780. The molecule has 1 aliphatic heterocycles. The Kier molecular flexibility index (Phi) is 4.83. The largest absolute Gasteiger partial charge is 0.370 e. The summed E-state index contributed by atoms with van der Waals surface area (Å²) in [6.07, 6.45) is 10.2. The van der Waals surface area contributed by atoms with Crippen molar-refractivity contribution in [2.75, 3.05) is 18.2 Å². The lowest BCUT2D eigenvalue weighted by atomic mass is 10.1. The van der Waals surface area contributed by atoms with E-state index in [1.165, 1.54) is 38.5 Å². The van der Waals surface area contributed by atoms with Gasteiger partial charge in [0.1, 0.15) is 6.10 Å². The van der Waals surface area contributed by atoms with Crippen molar-refractivity contribution in [2.45, 2.75) is 62.6 Å². The number of thioether (sulfide) groups is 1. The number of nitrogens with zero attached hydrogens (tertiary/aromatic N) is 3. The number of aromatic nitrogens is 3. The molecule has 112 valence electrons. The standard InChI is InChI=1S/C14H24N4OS/c15-18-13(12-7-3-4-9-19-12)16-17-14(18)20-10-8-11-5-1-2-6-11/h11-12H,1-10,15H2/t12-/m0/s1. The Balaban J connectivity index is 1.52. The number of hydrogen-bond acceptors (Lipinski definition) is 5. The Labute approximate surface area is 124 Å². The first-order chi connectivity index (χ1) is 9.84. The van der Waals surface area contributed by atoms with Gasteiger partial charge in [-0.2, -0.15) is 0 Å². The molecule has 1 saturated carbocycles. The van der Waals surface area contributed by atoms with E-state index in [2.05, 4.69) is 10.2 Å². The summed E-state index contributed by atoms with van der Waals surface area (Å²) in [7, 11) is 0. The molecule has 0 aromatic carbocycles. The predicted molar refractivity (Wildman–Crippen MR) is 80.0 cm³/mol. The topological polar surface area (TPSA) is 66.0 Å². The fraction of sp³-hybridized carbons (Fsp3) is 0.857. The molecule has 2 heterocycles. The zero-order valence-corrected chi connectivity index (χ0v) is 12.8. The number of rotatable bonds is 5. The van der Waals surface area contributed by atoms with Crippen LogP contribution in [-0.4, -0.2) is 27.2 Å². The first-order valence-electron chi connectivity index (χ1n) is 7.79. The zero-order valence-electron chi connectivity index (χ0n) is 12.0. The third-order valence-electron chi connectivity index (χ3n) is 4.39. The molecule has 2 aliphatic rings. The molecule has 1 aliphatic carbocycles. The van der Waals surface area contributed by atoms with E-state index in [1.54, 1.807) is 16.4 Å². The molecule has 0 amide bonds. The van der Waals surface area contributed by atoms with Crippen LogP contribution in [0.3, 0.4) is 0 Å². The van der Waals surface area contributed by atoms with Gasteiger partial charge in [0.15, 0.2) is 5.82 Å². The molecule has 0 unspecified atom stereocenters. The maximum Gasteiger partial charge on any atom is 0.209 e. The number of ether oxygens (including phenoxy) is 1. The Morgan fingerprint density at radius 3 is 2.70 bits per heavy atom. The Morgan fingerprint density at radius 2 is 1.95 bits per heavy atom. The van der Waals surface area contributed by atoms with Crippen LogP contribution in [0.5, 0.6) is 0 Å². The molecule has 1 aromatic heterocycles. The van der Waals surface area contributed by atoms with Crippen molar-refractivity contribution in [2.24, 2.45) is 5.92 Å². The quantitative estimate of drug-likeness (QED) is 0.668. The summed E-state index contributed by atoms with van der Waals surface area (Å²) in [6, 6.07) is 0. The highest BCUT2D eigenvalue weighted by Crippen LogP contribution is 2.31. The maximum absolute atomic E-state index is 6.12. The number of nitrogens with two attached hydrogens (primary N) is 1. The van der Waals surface area contributed by atoms with Crippen LogP contribution in [0, 0.1) is 5.92 Å². The van der Waals surface area contributed by atoms with Crippen LogP contribution < -0.4 is 5.84 Å². The van der Waals surface area contributed by atoms with Crippen molar-refractivity contribution in [3.63, 3.8) is 0 Å². The molecule has 0 radical (unpaired) electrons. The average Bonchev–Trinajstić information content (AvgIpc) is 3.11. The Morgan fingerprint density at radius 1 is 1.15 bits per heavy atom. The molecule has 2 fully saturated rings. The van der Waals surface area contributed by atoms with Crippen molar-refractivity contribution in [1.29, 1.82) is 0 Å². The van der Waals surface area contributed by atoms with Gasteiger partial charge in [-0.05, 0) is 31.6 Å². The van der Waals surface area contributed by atoms with E-state index in [4.69, 9.17) is 10.6 Å². The minimum absolute atomic E-state index is 0.0328. The fourth-order valence-electron chi connectivity index (χ4n) is 3.17. The predicted octanol–water partition coefficient (Wildman–Crippen LogP) is 2.91. The Bertz CT molecular complexity index is 425. The summed E-state index contributed by atoms with van der Waals surface area (Å²) in [4.78, 5) is 0. The molecule has 5 nitrogen and oxygen atoms in total. The van der Waals surface area contributed by atoms with Crippen LogP contribution in [0.15, 0.2) is 5.16 Å². The summed E-state index contributed by atoms with van der Waals surface area (Å²) >= 11 is 1.73. The van der Waals surface area contributed by atoms with E-state index in [-0.39, 0.29) is 6.10 Å². The molecule has 20 heavy (non-hydrogen) atoms. The van der Waals surface area contributed by atoms with Gasteiger partial charge >= 0.3 is 0 Å². The van der Waals surface area contributed by atoms with Crippen LogP contribution in [0.2, 0.25) is 0 Å². The van der Waals surface area contributed by atoms with Crippen LogP contribution in [-0.2, 0) is 4.74 Å². The van der Waals surface area contributed by atoms with E-state index in [0.717, 1.165) is 42.1 Å². The minimum atomic E-state index is 0.0328. The van der Waals surface area contributed by atoms with Crippen LogP contribution in [0.1, 0.15) is 63.3 Å². The average molecular weight is 296 g/mol. The lowest BCUT2D eigenvalue weighted by Gasteiger charge is -2.21. The van der Waals surface area contributed by atoms with E-state index >= 15 is 0 Å². The van der Waals surface area contributed by atoms with E-state index in [0.29, 0.717) is 0 Å². The van der Waals surface area contributed by atoms with Gasteiger partial charge in [0, 0.05) is 12.4 Å². The van der Waals surface area contributed by atoms with Crippen molar-refractivity contribution >= 4 is 11.8 Å². The third kappa shape index (κ3) is 3.28. The summed E-state index contributed by atoms with van der Waals surface area (Å²) in [5.74, 6) is 8.91. The van der Waals surface area contributed by atoms with Crippen molar-refractivity contribution in [3.05, 3.63) is 5.82 Å². The lowest BCUT2D eigenvalue weighted by Crippen LogP contribution is -2.21. The first kappa shape index (κ1) is 14.2. The zero-order chi connectivity index (χ0) is 13.8. The van der Waals surface area contributed by atoms with Crippen LogP contribution in [0.4, 0.5) is 0 Å². The fourth-order valence-corrected chi connectivity index (χ4v) is 4.13. The Hall–Kier alpha value is -0.750. The van der Waals surface area contributed by atoms with Crippen molar-refractivity contribution < 1.29 is 4.74 Å². The highest BCUT2D eigenvalue weighted by atomic mass is 32.2. The highest BCUT2D eigenvalue weighted by molar-refractivity contribution is 7.99. The molecule has 1 saturated heterocycles. The van der Waals surface area contributed by atoms with Gasteiger partial charge in [-0.25, -0.2) is 4.68 Å². The number of hydrogen-bond donors (Lipinski definition) is 1. The first-order valence-corrected chi connectivity index (χ1v) is 8.78. The van der Waals surface area contributed by atoms with E-state index < -0.39 is 0 Å². The van der Waals surface area contributed by atoms with Gasteiger partial charge in [0.05, 0.1) is 0 Å². The van der Waals surface area contributed by atoms with Gasteiger partial charge in [-0.1, -0.05) is 37.4 Å². The second kappa shape index (κ2) is 6.80. The molecule has 2 N–H and O–H groups in total. The van der Waals surface area contributed by atoms with Crippen molar-refractivity contribution in [3.8, 4) is 0 Å². The SMILES string of the molecule is Nn1c(SCCC2CCCC2)nnc1[C@@H]1CCCCO1. The second-order valence-electron chi connectivity index (χ2n) is 5.85. The molecular formula is C14H24N4OS. The summed E-state index contributed by atoms with van der Waals surface area (Å²) in [5, 5.41) is 9.28. The van der Waals surface area contributed by atoms with Gasteiger partial charge in [-0.15, -0.1) is 10.2 Å². The molecule has 3 rings (SSSR count). The van der Waals surface area contributed by atoms with Gasteiger partial charge in [-0.3, -0.25) is 0 Å². The summed E-state index contributed by atoms with van der Waals surface area (Å²) in [6.45, 7) is 0.807. The summed E-state index contributed by atoms with van der Waals surface area (Å²) < 4.78 is 7.37. The van der Waals surface area contributed by atoms with E-state index in [1.807, 2.05) is 0 Å². The molecule has 1 aromatic rings. The molecule has 0 spiro atoms. The molecule has 0 bridgehead atoms. The smallest absolute Gasteiger partial charge is 0.209 e. The van der Waals surface area contributed by atoms with Gasteiger partial charge in [0.2, 0.25) is 5.16 Å². The van der Waals surface area contributed by atoms with Gasteiger partial charge < -0.3 is 10.6 Å². The normalized spacial score (nSPS) is 24.3. The number of nitrogen functional groups attached to an aromatic ring is 1. The molecular weight excluding hydrogens is 272 g/mol. The monoisotopic (exact) mass is 296 g/mol. The highest BCUT2D eigenvalue weighted by Gasteiger charge is 2.23. The minimum Gasteiger partial charge on any atom is -0.370 e. The second-order valence-corrected chi connectivity index (χ2v) is 6.92. The maximum atomic E-state index is 6.12.